The van der Waals surface area contributed by atoms with Crippen LogP contribution in [0, 0.1) is 0 Å². The van der Waals surface area contributed by atoms with Gasteiger partial charge in [-0.05, 0) is 0 Å². The number of rotatable bonds is 0. The number of hydrogen-bond donors (Lipinski definition) is 0. The summed E-state index contributed by atoms with van der Waals surface area (Å²) in [7, 11) is 1.34. The maximum absolute atomic E-state index is 5.23. The maximum Gasteiger partial charge on any atom is 0.0563 e. The molecule has 48 valence electrons. The molecule has 0 aliphatic carbocycles. The van der Waals surface area contributed by atoms with E-state index in [-0.39, 0.29) is 0 Å². The van der Waals surface area contributed by atoms with E-state index in [1.807, 2.05) is 0 Å². The first-order chi connectivity index (χ1) is 4.00. The molecule has 4 heteroatoms. The molecule has 0 spiro atoms. The maximum atomic E-state index is 5.23. The zero-order chi connectivity index (χ0) is 5.66. The molecule has 8 heavy (non-hydrogen) atoms. The van der Waals surface area contributed by atoms with Crippen LogP contribution in [-0.2, 0) is 9.05 Å². The molecule has 2 atom stereocenters. The highest BCUT2D eigenvalue weighted by Gasteiger charge is 1.95. The Morgan fingerprint density at radius 2 is 1.38 bits per heavy atom. The van der Waals surface area contributed by atoms with Crippen molar-refractivity contribution in [2.75, 3.05) is 25.5 Å². The van der Waals surface area contributed by atoms with E-state index in [4.69, 9.17) is 9.05 Å². The third-order valence-corrected chi connectivity index (χ3v) is 2.45. The van der Waals surface area contributed by atoms with Gasteiger partial charge in [0.15, 0.2) is 0 Å². The molecule has 0 saturated carbocycles. The summed E-state index contributed by atoms with van der Waals surface area (Å²) in [6.07, 6.45) is 2.18. The summed E-state index contributed by atoms with van der Waals surface area (Å²) < 4.78 is 10.5. The first-order valence-corrected chi connectivity index (χ1v) is 4.92. The van der Waals surface area contributed by atoms with Gasteiger partial charge in [-0.2, -0.15) is 0 Å². The Labute approximate surface area is 53.1 Å². The third-order valence-electron chi connectivity index (χ3n) is 0.816. The third kappa shape index (κ3) is 2.94. The summed E-state index contributed by atoms with van der Waals surface area (Å²) in [5.74, 6) is 0. The molecule has 0 aromatic rings. The first-order valence-electron chi connectivity index (χ1n) is 2.69. The van der Waals surface area contributed by atoms with Crippen LogP contribution >= 0.6 is 17.6 Å². The van der Waals surface area contributed by atoms with Crippen molar-refractivity contribution in [3.8, 4) is 0 Å². The monoisotopic (exact) mass is 152 g/mol. The highest BCUT2D eigenvalue weighted by atomic mass is 31.1. The van der Waals surface area contributed by atoms with Gasteiger partial charge in [0.05, 0.1) is 13.2 Å². The fourth-order valence-corrected chi connectivity index (χ4v) is 2.03. The Balaban J connectivity index is 2.00. The van der Waals surface area contributed by atoms with Gasteiger partial charge in [0.1, 0.15) is 0 Å². The van der Waals surface area contributed by atoms with Crippen LogP contribution in [-0.4, -0.2) is 25.5 Å². The Hall–Kier alpha value is 0.780. The molecule has 0 aromatic heterocycles. The van der Waals surface area contributed by atoms with Gasteiger partial charge in [0.25, 0.3) is 0 Å². The zero-order valence-corrected chi connectivity index (χ0v) is 6.64. The quantitative estimate of drug-likeness (QED) is 0.486. The van der Waals surface area contributed by atoms with Gasteiger partial charge in [-0.1, -0.05) is 0 Å². The molecule has 1 aliphatic rings. The van der Waals surface area contributed by atoms with E-state index >= 15 is 0 Å². The molecule has 0 N–H and O–H groups in total. The molecule has 1 aliphatic heterocycles. The van der Waals surface area contributed by atoms with Crippen molar-refractivity contribution < 1.29 is 9.05 Å². The minimum Gasteiger partial charge on any atom is -0.362 e. The Bertz CT molecular complexity index is 36.0. The topological polar surface area (TPSA) is 18.5 Å². The van der Waals surface area contributed by atoms with Crippen molar-refractivity contribution in [1.82, 2.24) is 0 Å². The lowest BCUT2D eigenvalue weighted by Gasteiger charge is -2.08. The second kappa shape index (κ2) is 4.64. The SMILES string of the molecule is C1CPOCCPO1. The van der Waals surface area contributed by atoms with E-state index in [9.17, 15) is 0 Å². The Kier molecular flexibility index (Phi) is 4.00. The second-order valence-corrected chi connectivity index (χ2v) is 3.64. The van der Waals surface area contributed by atoms with Gasteiger partial charge >= 0.3 is 0 Å². The first kappa shape index (κ1) is 6.89. The minimum atomic E-state index is 0.670. The van der Waals surface area contributed by atoms with Crippen molar-refractivity contribution in [3.05, 3.63) is 0 Å². The van der Waals surface area contributed by atoms with Crippen molar-refractivity contribution in [1.29, 1.82) is 0 Å². The van der Waals surface area contributed by atoms with E-state index in [1.54, 1.807) is 0 Å². The fraction of sp³-hybridized carbons (Fsp3) is 1.00. The summed E-state index contributed by atoms with van der Waals surface area (Å²) in [5, 5.41) is 0. The summed E-state index contributed by atoms with van der Waals surface area (Å²) in [6.45, 7) is 1.80. The molecule has 0 bridgehead atoms. The van der Waals surface area contributed by atoms with Gasteiger partial charge in [-0.15, -0.1) is 0 Å². The van der Waals surface area contributed by atoms with Crippen LogP contribution in [0.1, 0.15) is 0 Å². The zero-order valence-electron chi connectivity index (χ0n) is 4.64. The second-order valence-electron chi connectivity index (χ2n) is 1.49. The smallest absolute Gasteiger partial charge is 0.0563 e. The average Bonchev–Trinajstić information content (AvgIpc) is 1.62. The lowest BCUT2D eigenvalue weighted by Crippen LogP contribution is -1.97. The van der Waals surface area contributed by atoms with Gasteiger partial charge in [-0.25, -0.2) is 0 Å². The van der Waals surface area contributed by atoms with Crippen LogP contribution in [0.25, 0.3) is 0 Å². The molecular weight excluding hydrogens is 142 g/mol. The lowest BCUT2D eigenvalue weighted by atomic mass is 10.9. The predicted octanol–water partition coefficient (Wildman–Crippen LogP) is 1.22. The van der Waals surface area contributed by atoms with Crippen LogP contribution in [0.4, 0.5) is 0 Å². The van der Waals surface area contributed by atoms with Gasteiger partial charge in [0, 0.05) is 29.9 Å². The predicted molar refractivity (Wildman–Crippen MR) is 38.3 cm³/mol. The van der Waals surface area contributed by atoms with Crippen molar-refractivity contribution >= 4 is 17.6 Å². The lowest BCUT2D eigenvalue weighted by molar-refractivity contribution is 0.344. The van der Waals surface area contributed by atoms with E-state index in [1.165, 1.54) is 0 Å². The minimum absolute atomic E-state index is 0.670. The van der Waals surface area contributed by atoms with Crippen LogP contribution in [0.15, 0.2) is 0 Å². The fourth-order valence-electron chi connectivity index (χ4n) is 0.474. The highest BCUT2D eigenvalue weighted by Crippen LogP contribution is 2.20. The van der Waals surface area contributed by atoms with E-state index in [0.717, 1.165) is 25.5 Å². The summed E-state index contributed by atoms with van der Waals surface area (Å²) in [5.41, 5.74) is 0. The molecule has 0 aromatic carbocycles. The Morgan fingerprint density at radius 3 is 1.88 bits per heavy atom. The summed E-state index contributed by atoms with van der Waals surface area (Å²) in [4.78, 5) is 0. The molecule has 1 fully saturated rings. The molecule has 1 saturated heterocycles. The summed E-state index contributed by atoms with van der Waals surface area (Å²) >= 11 is 0. The largest absolute Gasteiger partial charge is 0.362 e. The normalized spacial score (nSPS) is 30.0. The molecule has 0 amide bonds. The molecule has 2 unspecified atom stereocenters. The Morgan fingerprint density at radius 1 is 0.875 bits per heavy atom. The molecule has 1 heterocycles. The van der Waals surface area contributed by atoms with Gasteiger partial charge < -0.3 is 9.05 Å². The number of hydrogen-bond acceptors (Lipinski definition) is 2. The molecular formula is C4H10O2P2. The van der Waals surface area contributed by atoms with E-state index < -0.39 is 0 Å². The standard InChI is InChI=1S/C4H10O2P2/c1-3-7-6-2-4-8-5-1/h7-8H,1-4H2. The average molecular weight is 152 g/mol. The van der Waals surface area contributed by atoms with Crippen molar-refractivity contribution in [2.24, 2.45) is 0 Å². The summed E-state index contributed by atoms with van der Waals surface area (Å²) in [6, 6.07) is 0. The van der Waals surface area contributed by atoms with Crippen molar-refractivity contribution in [2.45, 2.75) is 0 Å². The van der Waals surface area contributed by atoms with Crippen LogP contribution < -0.4 is 0 Å². The highest BCUT2D eigenvalue weighted by molar-refractivity contribution is 7.33. The molecule has 2 nitrogen and oxygen atoms in total. The van der Waals surface area contributed by atoms with Crippen molar-refractivity contribution in [3.63, 3.8) is 0 Å². The van der Waals surface area contributed by atoms with Gasteiger partial charge in [-0.3, -0.25) is 0 Å². The molecule has 0 radical (unpaired) electrons. The van der Waals surface area contributed by atoms with Crippen LogP contribution in [0.3, 0.4) is 0 Å². The van der Waals surface area contributed by atoms with Crippen LogP contribution in [0.2, 0.25) is 0 Å². The molecule has 1 rings (SSSR count). The van der Waals surface area contributed by atoms with E-state index in [2.05, 4.69) is 0 Å². The van der Waals surface area contributed by atoms with Crippen LogP contribution in [0.5, 0.6) is 0 Å². The van der Waals surface area contributed by atoms with Gasteiger partial charge in [0.2, 0.25) is 0 Å². The van der Waals surface area contributed by atoms with E-state index in [0.29, 0.717) is 17.6 Å².